The monoisotopic (exact) mass is 254 g/mol. The second-order valence-corrected chi connectivity index (χ2v) is 4.23. The summed E-state index contributed by atoms with van der Waals surface area (Å²) in [5, 5.41) is 11.8. The molecule has 1 rings (SSSR count). The molecule has 1 amide bonds. The van der Waals surface area contributed by atoms with E-state index in [1.165, 1.54) is 6.39 Å². The van der Waals surface area contributed by atoms with E-state index in [1.54, 1.807) is 20.8 Å². The van der Waals surface area contributed by atoms with Crippen molar-refractivity contribution in [1.29, 1.82) is 0 Å². The fourth-order valence-electron chi connectivity index (χ4n) is 1.73. The Kier molecular flexibility index (Phi) is 4.47. The van der Waals surface area contributed by atoms with Crippen molar-refractivity contribution in [2.75, 3.05) is 6.54 Å². The van der Waals surface area contributed by atoms with Crippen molar-refractivity contribution in [2.45, 2.75) is 33.6 Å². The highest BCUT2D eigenvalue weighted by Crippen LogP contribution is 2.25. The fraction of sp³-hybridized carbons (Fsp3) is 0.583. The molecule has 0 atom stereocenters. The third-order valence-electron chi connectivity index (χ3n) is 3.35. The van der Waals surface area contributed by atoms with Crippen molar-refractivity contribution in [3.63, 3.8) is 0 Å². The maximum atomic E-state index is 11.8. The number of amides is 1. The number of nitrogens with one attached hydrogen (secondary N) is 1. The van der Waals surface area contributed by atoms with Gasteiger partial charge in [0.15, 0.2) is 12.1 Å². The van der Waals surface area contributed by atoms with Crippen LogP contribution in [-0.2, 0) is 4.79 Å². The number of rotatable bonds is 6. The molecule has 2 N–H and O–H groups in total. The van der Waals surface area contributed by atoms with Crippen molar-refractivity contribution in [1.82, 2.24) is 10.3 Å². The largest absolute Gasteiger partial charge is 0.481 e. The molecular weight excluding hydrogens is 236 g/mol. The molecule has 0 fully saturated rings. The van der Waals surface area contributed by atoms with Gasteiger partial charge in [0, 0.05) is 6.54 Å². The molecule has 6 nitrogen and oxygen atoms in total. The van der Waals surface area contributed by atoms with E-state index in [0.717, 1.165) is 0 Å². The van der Waals surface area contributed by atoms with Crippen molar-refractivity contribution in [2.24, 2.45) is 5.41 Å². The van der Waals surface area contributed by atoms with Gasteiger partial charge < -0.3 is 14.8 Å². The molecule has 0 aliphatic heterocycles. The molecule has 0 aromatic carbocycles. The molecule has 18 heavy (non-hydrogen) atoms. The second kappa shape index (κ2) is 5.66. The van der Waals surface area contributed by atoms with Gasteiger partial charge in [-0.2, -0.15) is 0 Å². The van der Waals surface area contributed by atoms with Crippen LogP contribution in [0.25, 0.3) is 0 Å². The minimum Gasteiger partial charge on any atom is -0.481 e. The Morgan fingerprint density at radius 1 is 1.44 bits per heavy atom. The average Bonchev–Trinajstić information content (AvgIpc) is 2.77. The lowest BCUT2D eigenvalue weighted by Gasteiger charge is -2.26. The summed E-state index contributed by atoms with van der Waals surface area (Å²) < 4.78 is 4.93. The van der Waals surface area contributed by atoms with E-state index in [9.17, 15) is 14.7 Å². The quantitative estimate of drug-likeness (QED) is 0.804. The van der Waals surface area contributed by atoms with Gasteiger partial charge in [-0.25, -0.2) is 4.98 Å². The first-order chi connectivity index (χ1) is 8.46. The first kappa shape index (κ1) is 14.2. The first-order valence-electron chi connectivity index (χ1n) is 5.88. The average molecular weight is 254 g/mol. The molecule has 0 saturated heterocycles. The van der Waals surface area contributed by atoms with Crippen LogP contribution in [0.4, 0.5) is 0 Å². The third-order valence-corrected chi connectivity index (χ3v) is 3.35. The summed E-state index contributed by atoms with van der Waals surface area (Å²) in [5.41, 5.74) is -0.727. The van der Waals surface area contributed by atoms with E-state index in [0.29, 0.717) is 18.6 Å². The molecule has 1 aromatic rings. The summed E-state index contributed by atoms with van der Waals surface area (Å²) in [7, 11) is 0. The number of oxazole rings is 1. The van der Waals surface area contributed by atoms with Gasteiger partial charge in [0.1, 0.15) is 5.76 Å². The Labute approximate surface area is 105 Å². The van der Waals surface area contributed by atoms with Crippen LogP contribution in [0.5, 0.6) is 0 Å². The zero-order valence-corrected chi connectivity index (χ0v) is 10.8. The van der Waals surface area contributed by atoms with Gasteiger partial charge in [-0.05, 0) is 19.8 Å². The standard InChI is InChI=1S/C12H18N2O4/c1-4-12(5-2,11(16)17)6-13-10(15)9-8(3)18-7-14-9/h7H,4-6H2,1-3H3,(H,13,15)(H,16,17). The lowest BCUT2D eigenvalue weighted by Crippen LogP contribution is -2.42. The van der Waals surface area contributed by atoms with E-state index >= 15 is 0 Å². The molecule has 6 heteroatoms. The predicted octanol–water partition coefficient (Wildman–Crippen LogP) is 1.60. The van der Waals surface area contributed by atoms with Crippen LogP contribution >= 0.6 is 0 Å². The van der Waals surface area contributed by atoms with Crippen LogP contribution in [-0.4, -0.2) is 28.5 Å². The van der Waals surface area contributed by atoms with E-state index in [-0.39, 0.29) is 12.2 Å². The van der Waals surface area contributed by atoms with Crippen molar-refractivity contribution in [3.8, 4) is 0 Å². The fourth-order valence-corrected chi connectivity index (χ4v) is 1.73. The van der Waals surface area contributed by atoms with E-state index in [2.05, 4.69) is 10.3 Å². The van der Waals surface area contributed by atoms with Gasteiger partial charge >= 0.3 is 5.97 Å². The Bertz CT molecular complexity index is 435. The molecule has 0 unspecified atom stereocenters. The lowest BCUT2D eigenvalue weighted by molar-refractivity contribution is -0.149. The topological polar surface area (TPSA) is 92.4 Å². The number of carbonyl (C=O) groups is 2. The maximum absolute atomic E-state index is 11.8. The van der Waals surface area contributed by atoms with E-state index in [4.69, 9.17) is 4.42 Å². The van der Waals surface area contributed by atoms with Crippen LogP contribution in [0.15, 0.2) is 10.8 Å². The molecule has 1 aromatic heterocycles. The summed E-state index contributed by atoms with van der Waals surface area (Å²) in [5.74, 6) is -0.889. The summed E-state index contributed by atoms with van der Waals surface area (Å²) in [6.07, 6.45) is 2.10. The number of carboxylic acids is 1. The maximum Gasteiger partial charge on any atom is 0.311 e. The van der Waals surface area contributed by atoms with Crippen molar-refractivity contribution in [3.05, 3.63) is 17.8 Å². The minimum absolute atomic E-state index is 0.0838. The molecule has 0 radical (unpaired) electrons. The van der Waals surface area contributed by atoms with Crippen LogP contribution in [0.3, 0.4) is 0 Å². The summed E-state index contributed by atoms with van der Waals surface area (Å²) in [4.78, 5) is 26.9. The number of aryl methyl sites for hydroxylation is 1. The zero-order chi connectivity index (χ0) is 13.8. The Morgan fingerprint density at radius 2 is 2.06 bits per heavy atom. The normalized spacial score (nSPS) is 11.3. The van der Waals surface area contributed by atoms with Gasteiger partial charge in [0.25, 0.3) is 5.91 Å². The van der Waals surface area contributed by atoms with E-state index < -0.39 is 17.3 Å². The van der Waals surface area contributed by atoms with Gasteiger partial charge in [0.2, 0.25) is 0 Å². The van der Waals surface area contributed by atoms with Gasteiger partial charge in [-0.15, -0.1) is 0 Å². The minimum atomic E-state index is -0.923. The first-order valence-corrected chi connectivity index (χ1v) is 5.88. The van der Waals surface area contributed by atoms with Gasteiger partial charge in [0.05, 0.1) is 5.41 Å². The third kappa shape index (κ3) is 2.69. The summed E-state index contributed by atoms with van der Waals surface area (Å²) >= 11 is 0. The highest BCUT2D eigenvalue weighted by molar-refractivity contribution is 5.93. The van der Waals surface area contributed by atoms with Crippen molar-refractivity contribution >= 4 is 11.9 Å². The number of hydrogen-bond donors (Lipinski definition) is 2. The Hall–Kier alpha value is -1.85. The van der Waals surface area contributed by atoms with Gasteiger partial charge in [-0.3, -0.25) is 9.59 Å². The number of aliphatic carboxylic acids is 1. The Balaban J connectivity index is 2.72. The molecule has 0 aliphatic carbocycles. The summed E-state index contributed by atoms with van der Waals surface area (Å²) in [6, 6.07) is 0. The zero-order valence-electron chi connectivity index (χ0n) is 10.8. The van der Waals surface area contributed by atoms with Gasteiger partial charge in [-0.1, -0.05) is 13.8 Å². The van der Waals surface area contributed by atoms with Crippen LogP contribution in [0.1, 0.15) is 42.9 Å². The molecule has 0 bridgehead atoms. The number of nitrogens with zero attached hydrogens (tertiary/aromatic N) is 1. The van der Waals surface area contributed by atoms with Crippen LogP contribution in [0.2, 0.25) is 0 Å². The van der Waals surface area contributed by atoms with Crippen LogP contribution < -0.4 is 5.32 Å². The number of hydrogen-bond acceptors (Lipinski definition) is 4. The highest BCUT2D eigenvalue weighted by Gasteiger charge is 2.35. The molecular formula is C12H18N2O4. The number of aromatic nitrogens is 1. The van der Waals surface area contributed by atoms with E-state index in [1.807, 2.05) is 0 Å². The number of carbonyl (C=O) groups excluding carboxylic acids is 1. The SMILES string of the molecule is CCC(CC)(CNC(=O)c1ncoc1C)C(=O)O. The highest BCUT2D eigenvalue weighted by atomic mass is 16.4. The smallest absolute Gasteiger partial charge is 0.311 e. The Morgan fingerprint density at radius 3 is 2.44 bits per heavy atom. The molecule has 0 saturated carbocycles. The van der Waals surface area contributed by atoms with Crippen molar-refractivity contribution < 1.29 is 19.1 Å². The predicted molar refractivity (Wildman–Crippen MR) is 64.2 cm³/mol. The lowest BCUT2D eigenvalue weighted by atomic mass is 9.82. The molecule has 1 heterocycles. The molecule has 100 valence electrons. The summed E-state index contributed by atoms with van der Waals surface area (Å²) in [6.45, 7) is 5.31. The molecule has 0 spiro atoms. The number of carboxylic acid groups (broad SMARTS) is 1. The van der Waals surface area contributed by atoms with Crippen LogP contribution in [0, 0.1) is 12.3 Å². The second-order valence-electron chi connectivity index (χ2n) is 4.23. The molecule has 0 aliphatic rings.